The molecule has 186 valence electrons. The summed E-state index contributed by atoms with van der Waals surface area (Å²) >= 11 is 12.7. The lowest BCUT2D eigenvalue weighted by Crippen LogP contribution is -2.53. The normalized spacial score (nSPS) is 22.9. The molecule has 0 radical (unpaired) electrons. The minimum atomic E-state index is -0.592. The molecule has 0 spiro atoms. The van der Waals surface area contributed by atoms with Gasteiger partial charge in [-0.3, -0.25) is 4.90 Å². The maximum atomic E-state index is 6.54. The van der Waals surface area contributed by atoms with Gasteiger partial charge in [-0.15, -0.1) is 0 Å². The number of nitrogens with zero attached hydrogens (tertiary/aromatic N) is 5. The van der Waals surface area contributed by atoms with Crippen LogP contribution in [0.3, 0.4) is 0 Å². The topological polar surface area (TPSA) is 55.7 Å². The highest BCUT2D eigenvalue weighted by Crippen LogP contribution is 2.46. The zero-order valence-corrected chi connectivity index (χ0v) is 21.6. The monoisotopic (exact) mass is 515 g/mol. The first-order valence-electron chi connectivity index (χ1n) is 12.1. The number of ether oxygens (including phenoxy) is 2. The standard InChI is InChI=1S/C26H31Cl2N5O2/c1-19(2)31-9-11-32(12-10-31)21-4-6-22(7-5-21)34-15-23-14-26(35-23,16-33-18-29-17-30-33)24-8-3-20(27)13-25(24)28/h3-8,13,17-19,23H,9-12,14-16H2,1-2H3/t23-,26-/m1/s1. The third-order valence-corrected chi connectivity index (χ3v) is 7.49. The second-order valence-electron chi connectivity index (χ2n) is 9.58. The first-order valence-corrected chi connectivity index (χ1v) is 12.8. The van der Waals surface area contributed by atoms with Crippen molar-refractivity contribution in [1.82, 2.24) is 19.7 Å². The van der Waals surface area contributed by atoms with Gasteiger partial charge in [0.05, 0.1) is 12.6 Å². The summed E-state index contributed by atoms with van der Waals surface area (Å²) in [7, 11) is 0. The predicted molar refractivity (Wildman–Crippen MR) is 139 cm³/mol. The molecule has 0 saturated carbocycles. The van der Waals surface area contributed by atoms with E-state index in [0.29, 0.717) is 29.2 Å². The summed E-state index contributed by atoms with van der Waals surface area (Å²) in [5, 5.41) is 5.43. The fraction of sp³-hybridized carbons (Fsp3) is 0.462. The lowest BCUT2D eigenvalue weighted by atomic mass is 9.82. The molecule has 0 N–H and O–H groups in total. The molecule has 2 fully saturated rings. The van der Waals surface area contributed by atoms with Crippen molar-refractivity contribution in [3.05, 3.63) is 70.7 Å². The van der Waals surface area contributed by atoms with Gasteiger partial charge in [0.25, 0.3) is 0 Å². The van der Waals surface area contributed by atoms with Crippen LogP contribution in [-0.4, -0.2) is 64.6 Å². The Kier molecular flexibility index (Phi) is 7.21. The lowest BCUT2D eigenvalue weighted by Gasteiger charge is -2.48. The molecular formula is C26H31Cl2N5O2. The van der Waals surface area contributed by atoms with Crippen molar-refractivity contribution in [3.63, 3.8) is 0 Å². The van der Waals surface area contributed by atoms with E-state index in [2.05, 4.69) is 45.9 Å². The van der Waals surface area contributed by atoms with E-state index >= 15 is 0 Å². The largest absolute Gasteiger partial charge is 0.491 e. The van der Waals surface area contributed by atoms with E-state index in [1.165, 1.54) is 12.0 Å². The number of anilines is 1. The molecule has 3 aromatic rings. The Labute approximate surface area is 216 Å². The van der Waals surface area contributed by atoms with Crippen LogP contribution in [0, 0.1) is 0 Å². The molecule has 35 heavy (non-hydrogen) atoms. The summed E-state index contributed by atoms with van der Waals surface area (Å²) in [6.45, 7) is 9.81. The van der Waals surface area contributed by atoms with Gasteiger partial charge in [-0.25, -0.2) is 9.67 Å². The van der Waals surface area contributed by atoms with E-state index < -0.39 is 5.60 Å². The van der Waals surface area contributed by atoms with Gasteiger partial charge in [-0.1, -0.05) is 29.3 Å². The Hall–Kier alpha value is -2.32. The van der Waals surface area contributed by atoms with Crippen LogP contribution < -0.4 is 9.64 Å². The molecule has 0 aliphatic carbocycles. The smallest absolute Gasteiger partial charge is 0.137 e. The van der Waals surface area contributed by atoms with Gasteiger partial charge in [-0.2, -0.15) is 5.10 Å². The molecule has 0 amide bonds. The van der Waals surface area contributed by atoms with Crippen molar-refractivity contribution in [2.24, 2.45) is 0 Å². The van der Waals surface area contributed by atoms with Crippen LogP contribution in [0.4, 0.5) is 5.69 Å². The van der Waals surface area contributed by atoms with Crippen LogP contribution in [0.1, 0.15) is 25.8 Å². The van der Waals surface area contributed by atoms with E-state index in [9.17, 15) is 0 Å². The molecule has 0 unspecified atom stereocenters. The zero-order chi connectivity index (χ0) is 24.4. The van der Waals surface area contributed by atoms with Crippen molar-refractivity contribution in [2.75, 3.05) is 37.7 Å². The molecule has 3 heterocycles. The van der Waals surface area contributed by atoms with Gasteiger partial charge < -0.3 is 14.4 Å². The first kappa shape index (κ1) is 24.4. The van der Waals surface area contributed by atoms with Crippen molar-refractivity contribution in [1.29, 1.82) is 0 Å². The Morgan fingerprint density at radius 2 is 1.83 bits per heavy atom. The van der Waals surface area contributed by atoms with Crippen molar-refractivity contribution in [2.45, 2.75) is 44.6 Å². The van der Waals surface area contributed by atoms with Crippen LogP contribution in [0.25, 0.3) is 0 Å². The number of rotatable bonds is 8. The van der Waals surface area contributed by atoms with Crippen LogP contribution in [0.5, 0.6) is 5.75 Å². The third kappa shape index (κ3) is 5.43. The number of halogens is 2. The highest BCUT2D eigenvalue weighted by Gasteiger charge is 2.49. The summed E-state index contributed by atoms with van der Waals surface area (Å²) < 4.78 is 14.3. The summed E-state index contributed by atoms with van der Waals surface area (Å²) in [5.41, 5.74) is 1.55. The summed E-state index contributed by atoms with van der Waals surface area (Å²) in [5.74, 6) is 0.844. The highest BCUT2D eigenvalue weighted by atomic mass is 35.5. The molecule has 2 aliphatic heterocycles. The van der Waals surface area contributed by atoms with Crippen molar-refractivity contribution >= 4 is 28.9 Å². The fourth-order valence-corrected chi connectivity index (χ4v) is 5.59. The van der Waals surface area contributed by atoms with Crippen LogP contribution in [-0.2, 0) is 16.9 Å². The zero-order valence-electron chi connectivity index (χ0n) is 20.1. The number of benzene rings is 2. The fourth-order valence-electron chi connectivity index (χ4n) is 5.00. The average Bonchev–Trinajstić information content (AvgIpc) is 3.34. The number of hydrogen-bond donors (Lipinski definition) is 0. The van der Waals surface area contributed by atoms with E-state index in [4.69, 9.17) is 32.7 Å². The Bertz CT molecular complexity index is 1110. The quantitative estimate of drug-likeness (QED) is 0.426. The highest BCUT2D eigenvalue weighted by molar-refractivity contribution is 6.35. The van der Waals surface area contributed by atoms with Crippen LogP contribution >= 0.6 is 23.2 Å². The van der Waals surface area contributed by atoms with Gasteiger partial charge in [0.2, 0.25) is 0 Å². The van der Waals surface area contributed by atoms with E-state index in [1.807, 2.05) is 24.3 Å². The van der Waals surface area contributed by atoms with Crippen LogP contribution in [0.2, 0.25) is 10.0 Å². The maximum absolute atomic E-state index is 6.54. The molecule has 7 nitrogen and oxygen atoms in total. The van der Waals surface area contributed by atoms with Crippen molar-refractivity contribution in [3.8, 4) is 5.75 Å². The molecule has 1 aromatic heterocycles. The number of hydrogen-bond acceptors (Lipinski definition) is 6. The lowest BCUT2D eigenvalue weighted by molar-refractivity contribution is -0.230. The number of aromatic nitrogens is 3. The SMILES string of the molecule is CC(C)N1CCN(c2ccc(OC[C@H]3C[C@@](Cn4cncn4)(c4ccc(Cl)cc4Cl)O3)cc2)CC1. The molecule has 2 atom stereocenters. The second-order valence-corrected chi connectivity index (χ2v) is 10.4. The summed E-state index contributed by atoms with van der Waals surface area (Å²) in [4.78, 5) is 9.01. The molecule has 0 bridgehead atoms. The molecule has 2 aliphatic rings. The van der Waals surface area contributed by atoms with Gasteiger partial charge in [0, 0.05) is 59.9 Å². The Morgan fingerprint density at radius 3 is 2.46 bits per heavy atom. The van der Waals surface area contributed by atoms with Gasteiger partial charge >= 0.3 is 0 Å². The van der Waals surface area contributed by atoms with E-state index in [-0.39, 0.29) is 6.10 Å². The summed E-state index contributed by atoms with van der Waals surface area (Å²) in [6.07, 6.45) is 3.91. The second kappa shape index (κ2) is 10.3. The predicted octanol–water partition coefficient (Wildman–Crippen LogP) is 4.88. The van der Waals surface area contributed by atoms with Gasteiger partial charge in [0.15, 0.2) is 0 Å². The molecule has 2 aromatic carbocycles. The average molecular weight is 516 g/mol. The number of piperazine rings is 1. The van der Waals surface area contributed by atoms with E-state index in [1.54, 1.807) is 17.1 Å². The van der Waals surface area contributed by atoms with Crippen molar-refractivity contribution < 1.29 is 9.47 Å². The minimum Gasteiger partial charge on any atom is -0.491 e. The van der Waals surface area contributed by atoms with Gasteiger partial charge in [-0.05, 0) is 50.2 Å². The molecule has 2 saturated heterocycles. The molecule has 5 rings (SSSR count). The Balaban J connectivity index is 1.18. The van der Waals surface area contributed by atoms with Crippen LogP contribution in [0.15, 0.2) is 55.1 Å². The molecular weight excluding hydrogens is 485 g/mol. The third-order valence-electron chi connectivity index (χ3n) is 6.94. The van der Waals surface area contributed by atoms with E-state index in [0.717, 1.165) is 43.9 Å². The first-order chi connectivity index (χ1) is 16.9. The molecule has 9 heteroatoms. The minimum absolute atomic E-state index is 0.0472. The maximum Gasteiger partial charge on any atom is 0.137 e. The summed E-state index contributed by atoms with van der Waals surface area (Å²) in [6, 6.07) is 14.5. The Morgan fingerprint density at radius 1 is 1.09 bits per heavy atom. The van der Waals surface area contributed by atoms with Gasteiger partial charge in [0.1, 0.15) is 30.6 Å².